The molecule has 0 radical (unpaired) electrons. The normalized spacial score (nSPS) is 22.4. The number of hydrogen-bond acceptors (Lipinski definition) is 1. The second kappa shape index (κ2) is 5.95. The van der Waals surface area contributed by atoms with Crippen molar-refractivity contribution in [1.82, 2.24) is 0 Å². The molecule has 24 heavy (non-hydrogen) atoms. The molecule has 2 aliphatic heterocycles. The summed E-state index contributed by atoms with van der Waals surface area (Å²) in [5.74, 6) is 0. The largest absolute Gasteiger partial charge is 0.366 e. The van der Waals surface area contributed by atoms with Gasteiger partial charge in [0.1, 0.15) is 0 Å². The van der Waals surface area contributed by atoms with Crippen LogP contribution in [-0.2, 0) is 6.42 Å². The molecule has 0 saturated carbocycles. The maximum absolute atomic E-state index is 2.74. The Labute approximate surface area is 146 Å². The minimum absolute atomic E-state index is 0.797. The molecule has 0 aromatic heterocycles. The molecule has 2 aromatic carbocycles. The van der Waals surface area contributed by atoms with Gasteiger partial charge >= 0.3 is 0 Å². The van der Waals surface area contributed by atoms with Crippen molar-refractivity contribution in [3.63, 3.8) is 0 Å². The summed E-state index contributed by atoms with van der Waals surface area (Å²) in [7, 11) is 0. The van der Waals surface area contributed by atoms with E-state index in [-0.39, 0.29) is 0 Å². The zero-order valence-corrected chi connectivity index (χ0v) is 15.5. The molecule has 2 aliphatic rings. The third-order valence-corrected chi connectivity index (χ3v) is 6.61. The summed E-state index contributed by atoms with van der Waals surface area (Å²) in [6.07, 6.45) is 6.62. The molecule has 2 bridgehead atoms. The van der Waals surface area contributed by atoms with Crippen LogP contribution in [0, 0.1) is 27.7 Å². The van der Waals surface area contributed by atoms with E-state index < -0.39 is 0 Å². The molecule has 126 valence electrons. The molecule has 4 rings (SSSR count). The molecule has 1 heteroatoms. The van der Waals surface area contributed by atoms with E-state index in [0.717, 1.165) is 18.5 Å². The number of fused-ring (bicyclic) bond motifs is 2. The maximum Gasteiger partial charge on any atom is 0.0376 e. The Bertz CT molecular complexity index is 754. The van der Waals surface area contributed by atoms with Crippen molar-refractivity contribution in [2.75, 3.05) is 4.90 Å². The van der Waals surface area contributed by atoms with Crippen LogP contribution in [-0.4, -0.2) is 12.1 Å². The van der Waals surface area contributed by atoms with E-state index in [1.165, 1.54) is 64.8 Å². The van der Waals surface area contributed by atoms with Crippen LogP contribution in [0.15, 0.2) is 30.3 Å². The van der Waals surface area contributed by atoms with Crippen LogP contribution < -0.4 is 4.90 Å². The van der Waals surface area contributed by atoms with Gasteiger partial charge in [-0.3, -0.25) is 0 Å². The van der Waals surface area contributed by atoms with E-state index in [4.69, 9.17) is 0 Å². The van der Waals surface area contributed by atoms with Gasteiger partial charge in [-0.25, -0.2) is 0 Å². The van der Waals surface area contributed by atoms with E-state index in [0.29, 0.717) is 0 Å². The molecule has 2 heterocycles. The van der Waals surface area contributed by atoms with Gasteiger partial charge < -0.3 is 4.90 Å². The molecule has 0 unspecified atom stereocenters. The Morgan fingerprint density at radius 1 is 0.792 bits per heavy atom. The molecule has 1 nitrogen and oxygen atoms in total. The summed E-state index contributed by atoms with van der Waals surface area (Å²) in [6.45, 7) is 9.05. The summed E-state index contributed by atoms with van der Waals surface area (Å²) >= 11 is 0. The maximum atomic E-state index is 2.74. The number of hydrogen-bond donors (Lipinski definition) is 0. The zero-order chi connectivity index (χ0) is 16.8. The first-order valence-corrected chi connectivity index (χ1v) is 9.48. The van der Waals surface area contributed by atoms with Gasteiger partial charge in [0.15, 0.2) is 0 Å². The number of aryl methyl sites for hydroxylation is 2. The Balaban J connectivity index is 1.71. The molecule has 2 fully saturated rings. The van der Waals surface area contributed by atoms with Crippen LogP contribution in [0.5, 0.6) is 0 Å². The van der Waals surface area contributed by atoms with Gasteiger partial charge in [-0.05, 0) is 105 Å². The smallest absolute Gasteiger partial charge is 0.0376 e. The zero-order valence-electron chi connectivity index (χ0n) is 15.5. The number of anilines is 1. The molecular formula is C23H29N. The highest BCUT2D eigenvalue weighted by Crippen LogP contribution is 2.42. The molecule has 0 N–H and O–H groups in total. The molecule has 2 aromatic rings. The molecular weight excluding hydrogens is 290 g/mol. The van der Waals surface area contributed by atoms with Gasteiger partial charge in [0.05, 0.1) is 0 Å². The molecule has 0 atom stereocenters. The molecule has 2 saturated heterocycles. The average Bonchev–Trinajstić information content (AvgIpc) is 3.16. The van der Waals surface area contributed by atoms with Gasteiger partial charge in [0.2, 0.25) is 0 Å². The van der Waals surface area contributed by atoms with Crippen LogP contribution in [0.4, 0.5) is 5.69 Å². The minimum atomic E-state index is 0.797. The van der Waals surface area contributed by atoms with E-state index in [1.54, 1.807) is 0 Å². The summed E-state index contributed by atoms with van der Waals surface area (Å²) in [5, 5.41) is 0. The summed E-state index contributed by atoms with van der Waals surface area (Å²) in [4.78, 5) is 2.74. The summed E-state index contributed by atoms with van der Waals surface area (Å²) < 4.78 is 0. The third kappa shape index (κ3) is 2.55. The van der Waals surface area contributed by atoms with Gasteiger partial charge in [-0.15, -0.1) is 0 Å². The van der Waals surface area contributed by atoms with Crippen LogP contribution in [0.1, 0.15) is 59.1 Å². The highest BCUT2D eigenvalue weighted by atomic mass is 15.2. The van der Waals surface area contributed by atoms with Crippen molar-refractivity contribution in [2.45, 2.75) is 71.9 Å². The second-order valence-corrected chi connectivity index (χ2v) is 7.95. The quantitative estimate of drug-likeness (QED) is 0.707. The lowest BCUT2D eigenvalue weighted by molar-refractivity contribution is 0.576. The SMILES string of the molecule is Cc1cccc(Cc2cc(N3C4CCC3CC4)cc(C)c2C)c1C. The van der Waals surface area contributed by atoms with Gasteiger partial charge in [-0.1, -0.05) is 18.2 Å². The van der Waals surface area contributed by atoms with E-state index >= 15 is 0 Å². The standard InChI is InChI=1S/C23H29N/c1-15-6-5-7-19(17(15)3)13-20-14-23(12-16(2)18(20)4)24-21-8-9-22(24)11-10-21/h5-7,12,14,21-22H,8-11,13H2,1-4H3. The van der Waals surface area contributed by atoms with Gasteiger partial charge in [0, 0.05) is 17.8 Å². The number of benzene rings is 2. The number of nitrogens with zero attached hydrogens (tertiary/aromatic N) is 1. The highest BCUT2D eigenvalue weighted by molar-refractivity contribution is 5.58. The lowest BCUT2D eigenvalue weighted by Crippen LogP contribution is -2.28. The van der Waals surface area contributed by atoms with Crippen LogP contribution >= 0.6 is 0 Å². The Morgan fingerprint density at radius 3 is 2.08 bits per heavy atom. The van der Waals surface area contributed by atoms with E-state index in [2.05, 4.69) is 62.9 Å². The predicted octanol–water partition coefficient (Wildman–Crippen LogP) is 5.64. The van der Waals surface area contributed by atoms with Gasteiger partial charge in [0.25, 0.3) is 0 Å². The van der Waals surface area contributed by atoms with Crippen LogP contribution in [0.2, 0.25) is 0 Å². The summed E-state index contributed by atoms with van der Waals surface area (Å²) in [6, 6.07) is 13.2. The Morgan fingerprint density at radius 2 is 1.42 bits per heavy atom. The second-order valence-electron chi connectivity index (χ2n) is 7.95. The van der Waals surface area contributed by atoms with Crippen LogP contribution in [0.3, 0.4) is 0 Å². The topological polar surface area (TPSA) is 3.24 Å². The monoisotopic (exact) mass is 319 g/mol. The average molecular weight is 319 g/mol. The van der Waals surface area contributed by atoms with Crippen molar-refractivity contribution in [3.05, 3.63) is 63.7 Å². The third-order valence-electron chi connectivity index (χ3n) is 6.61. The first-order chi connectivity index (χ1) is 11.5. The Hall–Kier alpha value is -1.76. The van der Waals surface area contributed by atoms with E-state index in [9.17, 15) is 0 Å². The highest BCUT2D eigenvalue weighted by Gasteiger charge is 2.39. The first kappa shape index (κ1) is 15.7. The molecule has 0 spiro atoms. The van der Waals surface area contributed by atoms with Crippen molar-refractivity contribution in [1.29, 1.82) is 0 Å². The van der Waals surface area contributed by atoms with Gasteiger partial charge in [-0.2, -0.15) is 0 Å². The fourth-order valence-electron chi connectivity index (χ4n) is 4.79. The predicted molar refractivity (Wildman–Crippen MR) is 103 cm³/mol. The Kier molecular flexibility index (Phi) is 3.90. The fraction of sp³-hybridized carbons (Fsp3) is 0.478. The summed E-state index contributed by atoms with van der Waals surface area (Å²) in [5.41, 5.74) is 10.2. The van der Waals surface area contributed by atoms with Crippen molar-refractivity contribution >= 4 is 5.69 Å². The molecule has 0 aliphatic carbocycles. The molecule has 0 amide bonds. The number of rotatable bonds is 3. The first-order valence-electron chi connectivity index (χ1n) is 9.48. The van der Waals surface area contributed by atoms with Crippen LogP contribution in [0.25, 0.3) is 0 Å². The minimum Gasteiger partial charge on any atom is -0.366 e. The van der Waals surface area contributed by atoms with Crippen molar-refractivity contribution in [3.8, 4) is 0 Å². The lowest BCUT2D eigenvalue weighted by Gasteiger charge is -2.26. The lowest BCUT2D eigenvalue weighted by atomic mass is 9.92. The van der Waals surface area contributed by atoms with Crippen molar-refractivity contribution < 1.29 is 0 Å². The van der Waals surface area contributed by atoms with E-state index in [1.807, 2.05) is 0 Å². The van der Waals surface area contributed by atoms with Crippen molar-refractivity contribution in [2.24, 2.45) is 0 Å². The fourth-order valence-corrected chi connectivity index (χ4v) is 4.79.